The SMILES string of the molecule is CCOc1cccc(C(N)C(C)(C)OC)c1. The smallest absolute Gasteiger partial charge is 0.119 e. The fourth-order valence-corrected chi connectivity index (χ4v) is 1.49. The van der Waals surface area contributed by atoms with E-state index in [-0.39, 0.29) is 11.6 Å². The van der Waals surface area contributed by atoms with Gasteiger partial charge in [-0.3, -0.25) is 0 Å². The summed E-state index contributed by atoms with van der Waals surface area (Å²) in [5, 5.41) is 0. The minimum absolute atomic E-state index is 0.169. The number of hydrogen-bond acceptors (Lipinski definition) is 3. The molecular formula is C13H21NO2. The summed E-state index contributed by atoms with van der Waals surface area (Å²) in [6.07, 6.45) is 0. The lowest BCUT2D eigenvalue weighted by atomic mass is 9.92. The Morgan fingerprint density at radius 2 is 2.06 bits per heavy atom. The fraction of sp³-hybridized carbons (Fsp3) is 0.538. The van der Waals surface area contributed by atoms with Gasteiger partial charge in [0, 0.05) is 7.11 Å². The molecule has 0 heterocycles. The van der Waals surface area contributed by atoms with Crippen molar-refractivity contribution in [2.45, 2.75) is 32.4 Å². The van der Waals surface area contributed by atoms with Crippen molar-refractivity contribution in [2.24, 2.45) is 5.73 Å². The van der Waals surface area contributed by atoms with E-state index < -0.39 is 0 Å². The average Bonchev–Trinajstić information content (AvgIpc) is 2.29. The van der Waals surface area contributed by atoms with E-state index >= 15 is 0 Å². The Morgan fingerprint density at radius 1 is 1.38 bits per heavy atom. The molecular weight excluding hydrogens is 202 g/mol. The molecule has 90 valence electrons. The third kappa shape index (κ3) is 2.97. The Morgan fingerprint density at radius 3 is 2.62 bits per heavy atom. The molecule has 0 spiro atoms. The van der Waals surface area contributed by atoms with Crippen LogP contribution in [0.15, 0.2) is 24.3 Å². The van der Waals surface area contributed by atoms with E-state index in [1.54, 1.807) is 7.11 Å². The Hall–Kier alpha value is -1.06. The maximum absolute atomic E-state index is 6.17. The lowest BCUT2D eigenvalue weighted by Crippen LogP contribution is -2.37. The lowest BCUT2D eigenvalue weighted by Gasteiger charge is -2.30. The predicted octanol–water partition coefficient (Wildman–Crippen LogP) is 2.51. The highest BCUT2D eigenvalue weighted by Gasteiger charge is 2.27. The Balaban J connectivity index is 2.91. The van der Waals surface area contributed by atoms with Crippen molar-refractivity contribution in [1.29, 1.82) is 0 Å². The standard InChI is InChI=1S/C13H21NO2/c1-5-16-11-8-6-7-10(9-11)12(14)13(2,3)15-4/h6-9,12H,5,14H2,1-4H3. The van der Waals surface area contributed by atoms with E-state index in [1.807, 2.05) is 45.0 Å². The second-order valence-electron chi connectivity index (χ2n) is 4.29. The van der Waals surface area contributed by atoms with Crippen molar-refractivity contribution in [3.63, 3.8) is 0 Å². The molecule has 1 aromatic rings. The first-order valence-corrected chi connectivity index (χ1v) is 5.54. The van der Waals surface area contributed by atoms with Crippen LogP contribution in [-0.4, -0.2) is 19.3 Å². The number of benzene rings is 1. The number of ether oxygens (including phenoxy) is 2. The molecule has 0 aromatic heterocycles. The Kier molecular flexibility index (Phi) is 4.33. The average molecular weight is 223 g/mol. The van der Waals surface area contributed by atoms with Gasteiger partial charge in [-0.2, -0.15) is 0 Å². The van der Waals surface area contributed by atoms with Crippen molar-refractivity contribution in [2.75, 3.05) is 13.7 Å². The highest BCUT2D eigenvalue weighted by Crippen LogP contribution is 2.28. The van der Waals surface area contributed by atoms with Gasteiger partial charge in [0.15, 0.2) is 0 Å². The first kappa shape index (κ1) is 13.0. The van der Waals surface area contributed by atoms with Crippen LogP contribution < -0.4 is 10.5 Å². The quantitative estimate of drug-likeness (QED) is 0.834. The van der Waals surface area contributed by atoms with Gasteiger partial charge in [0.05, 0.1) is 18.2 Å². The van der Waals surface area contributed by atoms with Crippen LogP contribution in [0.2, 0.25) is 0 Å². The topological polar surface area (TPSA) is 44.5 Å². The summed E-state index contributed by atoms with van der Waals surface area (Å²) >= 11 is 0. The number of methoxy groups -OCH3 is 1. The van der Waals surface area contributed by atoms with Gasteiger partial charge < -0.3 is 15.2 Å². The van der Waals surface area contributed by atoms with Gasteiger partial charge >= 0.3 is 0 Å². The Bertz CT molecular complexity index is 336. The first-order valence-electron chi connectivity index (χ1n) is 5.54. The second-order valence-corrected chi connectivity index (χ2v) is 4.29. The second kappa shape index (κ2) is 5.32. The van der Waals surface area contributed by atoms with E-state index in [9.17, 15) is 0 Å². The molecule has 0 bridgehead atoms. The normalized spacial score (nSPS) is 13.6. The molecule has 1 atom stereocenters. The number of rotatable bonds is 5. The van der Waals surface area contributed by atoms with Gasteiger partial charge in [-0.15, -0.1) is 0 Å². The zero-order valence-electron chi connectivity index (χ0n) is 10.5. The maximum Gasteiger partial charge on any atom is 0.119 e. The lowest BCUT2D eigenvalue weighted by molar-refractivity contribution is -0.0000710. The van der Waals surface area contributed by atoms with Crippen LogP contribution in [0.4, 0.5) is 0 Å². The summed E-state index contributed by atoms with van der Waals surface area (Å²) in [6.45, 7) is 6.58. The highest BCUT2D eigenvalue weighted by molar-refractivity contribution is 5.31. The molecule has 1 unspecified atom stereocenters. The molecule has 0 amide bonds. The maximum atomic E-state index is 6.17. The van der Waals surface area contributed by atoms with Crippen LogP contribution in [0, 0.1) is 0 Å². The summed E-state index contributed by atoms with van der Waals surface area (Å²) in [5.74, 6) is 0.849. The van der Waals surface area contributed by atoms with Gasteiger partial charge in [0.1, 0.15) is 5.75 Å². The summed E-state index contributed by atoms with van der Waals surface area (Å²) in [4.78, 5) is 0. The minimum atomic E-state index is -0.384. The number of hydrogen-bond donors (Lipinski definition) is 1. The monoisotopic (exact) mass is 223 g/mol. The van der Waals surface area contributed by atoms with Gasteiger partial charge in [-0.1, -0.05) is 12.1 Å². The van der Waals surface area contributed by atoms with E-state index in [4.69, 9.17) is 15.2 Å². The van der Waals surface area contributed by atoms with E-state index in [2.05, 4.69) is 0 Å². The Labute approximate surface area is 97.6 Å². The largest absolute Gasteiger partial charge is 0.494 e. The molecule has 0 saturated heterocycles. The van der Waals surface area contributed by atoms with Crippen molar-refractivity contribution < 1.29 is 9.47 Å². The van der Waals surface area contributed by atoms with Gasteiger partial charge in [-0.25, -0.2) is 0 Å². The number of nitrogens with two attached hydrogens (primary N) is 1. The fourth-order valence-electron chi connectivity index (χ4n) is 1.49. The van der Waals surface area contributed by atoms with Crippen LogP contribution in [0.5, 0.6) is 5.75 Å². The molecule has 3 nitrogen and oxygen atoms in total. The van der Waals surface area contributed by atoms with Crippen molar-refractivity contribution >= 4 is 0 Å². The van der Waals surface area contributed by atoms with Crippen molar-refractivity contribution in [1.82, 2.24) is 0 Å². The first-order chi connectivity index (χ1) is 7.51. The van der Waals surface area contributed by atoms with Crippen LogP contribution in [0.25, 0.3) is 0 Å². The summed E-state index contributed by atoms with van der Waals surface area (Å²) in [5.41, 5.74) is 6.81. The molecule has 0 radical (unpaired) electrons. The molecule has 0 aliphatic carbocycles. The third-order valence-corrected chi connectivity index (χ3v) is 2.80. The molecule has 1 aromatic carbocycles. The highest BCUT2D eigenvalue weighted by atomic mass is 16.5. The molecule has 2 N–H and O–H groups in total. The zero-order chi connectivity index (χ0) is 12.2. The van der Waals surface area contributed by atoms with Gasteiger partial charge in [0.2, 0.25) is 0 Å². The zero-order valence-corrected chi connectivity index (χ0v) is 10.5. The molecule has 16 heavy (non-hydrogen) atoms. The minimum Gasteiger partial charge on any atom is -0.494 e. The summed E-state index contributed by atoms with van der Waals surface area (Å²) < 4.78 is 10.8. The molecule has 0 aliphatic heterocycles. The predicted molar refractivity (Wildman–Crippen MR) is 65.6 cm³/mol. The van der Waals surface area contributed by atoms with E-state index in [1.165, 1.54) is 0 Å². The molecule has 3 heteroatoms. The van der Waals surface area contributed by atoms with E-state index in [0.29, 0.717) is 6.61 Å². The third-order valence-electron chi connectivity index (χ3n) is 2.80. The molecule has 0 aliphatic rings. The van der Waals surface area contributed by atoms with Crippen LogP contribution >= 0.6 is 0 Å². The van der Waals surface area contributed by atoms with Gasteiger partial charge in [0.25, 0.3) is 0 Å². The van der Waals surface area contributed by atoms with E-state index in [0.717, 1.165) is 11.3 Å². The van der Waals surface area contributed by atoms with Gasteiger partial charge in [-0.05, 0) is 38.5 Å². The van der Waals surface area contributed by atoms with Crippen LogP contribution in [0.1, 0.15) is 32.4 Å². The summed E-state index contributed by atoms with van der Waals surface area (Å²) in [6, 6.07) is 7.67. The molecule has 0 saturated carbocycles. The van der Waals surface area contributed by atoms with Crippen LogP contribution in [0.3, 0.4) is 0 Å². The molecule has 0 fully saturated rings. The molecule has 1 rings (SSSR count). The van der Waals surface area contributed by atoms with Crippen LogP contribution in [-0.2, 0) is 4.74 Å². The summed E-state index contributed by atoms with van der Waals surface area (Å²) in [7, 11) is 1.67. The van der Waals surface area contributed by atoms with Crippen molar-refractivity contribution in [3.05, 3.63) is 29.8 Å². The van der Waals surface area contributed by atoms with Crippen molar-refractivity contribution in [3.8, 4) is 5.75 Å².